The maximum Gasteiger partial charge on any atom is 0.237 e. The van der Waals surface area contributed by atoms with Crippen LogP contribution in [0.3, 0.4) is 0 Å². The van der Waals surface area contributed by atoms with Gasteiger partial charge in [0.05, 0.1) is 5.41 Å². The van der Waals surface area contributed by atoms with Crippen molar-refractivity contribution in [1.82, 2.24) is 4.98 Å². The molecule has 1 unspecified atom stereocenters. The lowest BCUT2D eigenvalue weighted by Gasteiger charge is -2.27. The molecular weight excluding hydrogens is 332 g/mol. The third-order valence-electron chi connectivity index (χ3n) is 5.74. The van der Waals surface area contributed by atoms with Gasteiger partial charge in [0.25, 0.3) is 0 Å². The van der Waals surface area contributed by atoms with Crippen LogP contribution in [0, 0.1) is 0 Å². The summed E-state index contributed by atoms with van der Waals surface area (Å²) in [7, 11) is 0. The van der Waals surface area contributed by atoms with Crippen LogP contribution in [0.4, 0.5) is 5.69 Å². The molecule has 126 valence electrons. The number of benzene rings is 2. The van der Waals surface area contributed by atoms with E-state index < -0.39 is 5.41 Å². The maximum absolute atomic E-state index is 13.6. The summed E-state index contributed by atoms with van der Waals surface area (Å²) in [6.45, 7) is 2.14. The molecule has 1 aliphatic carbocycles. The second kappa shape index (κ2) is 5.12. The van der Waals surface area contributed by atoms with Gasteiger partial charge in [-0.15, -0.1) is 0 Å². The third kappa shape index (κ3) is 2.09. The molecule has 0 saturated heterocycles. The van der Waals surface area contributed by atoms with Gasteiger partial charge >= 0.3 is 0 Å². The van der Waals surface area contributed by atoms with E-state index in [1.807, 2.05) is 41.4 Å². The summed E-state index contributed by atoms with van der Waals surface area (Å²) in [5.41, 5.74) is 4.06. The lowest BCUT2D eigenvalue weighted by Crippen LogP contribution is -2.42. The van der Waals surface area contributed by atoms with Crippen LogP contribution < -0.4 is 4.90 Å². The molecule has 0 spiro atoms. The number of carbonyl (C=O) groups is 1. The molecule has 3 nitrogen and oxygen atoms in total. The molecule has 1 aromatic heterocycles. The lowest BCUT2D eigenvalue weighted by atomic mass is 9.93. The number of para-hydroxylation sites is 1. The first-order valence-electron chi connectivity index (χ1n) is 8.79. The Hall–Kier alpha value is -2.26. The van der Waals surface area contributed by atoms with Crippen molar-refractivity contribution in [2.75, 3.05) is 4.90 Å². The van der Waals surface area contributed by atoms with Crippen molar-refractivity contribution in [3.8, 4) is 0 Å². The Morgan fingerprint density at radius 2 is 2.04 bits per heavy atom. The number of fused-ring (bicyclic) bond motifs is 2. The second-order valence-electron chi connectivity index (χ2n) is 7.33. The van der Waals surface area contributed by atoms with Crippen LogP contribution in [0.5, 0.6) is 0 Å². The summed E-state index contributed by atoms with van der Waals surface area (Å²) >= 11 is 6.21. The fourth-order valence-corrected chi connectivity index (χ4v) is 4.49. The van der Waals surface area contributed by atoms with Crippen molar-refractivity contribution in [3.63, 3.8) is 0 Å². The van der Waals surface area contributed by atoms with Gasteiger partial charge in [-0.25, -0.2) is 0 Å². The molecule has 1 N–H and O–H groups in total. The van der Waals surface area contributed by atoms with Crippen LogP contribution in [-0.4, -0.2) is 16.9 Å². The number of rotatable bonds is 2. The van der Waals surface area contributed by atoms with Crippen LogP contribution >= 0.6 is 11.6 Å². The highest BCUT2D eigenvalue weighted by Crippen LogP contribution is 2.53. The number of nitrogens with one attached hydrogen (secondary N) is 1. The normalized spacial score (nSPS) is 20.7. The van der Waals surface area contributed by atoms with Crippen molar-refractivity contribution in [2.45, 2.75) is 37.6 Å². The average Bonchev–Trinajstić information content (AvgIpc) is 3.19. The molecule has 2 aromatic carbocycles. The van der Waals surface area contributed by atoms with Crippen LogP contribution in [-0.2, 0) is 16.6 Å². The fourth-order valence-electron chi connectivity index (χ4n) is 4.32. The van der Waals surface area contributed by atoms with Crippen molar-refractivity contribution >= 4 is 34.1 Å². The smallest absolute Gasteiger partial charge is 0.237 e. The Bertz CT molecular complexity index is 1000. The minimum absolute atomic E-state index is 0.205. The largest absolute Gasteiger partial charge is 0.361 e. The molecule has 1 saturated carbocycles. The van der Waals surface area contributed by atoms with E-state index in [9.17, 15) is 4.79 Å². The van der Waals surface area contributed by atoms with Gasteiger partial charge in [-0.05, 0) is 61.6 Å². The lowest BCUT2D eigenvalue weighted by molar-refractivity contribution is -0.121. The predicted molar refractivity (Wildman–Crippen MR) is 101 cm³/mol. The van der Waals surface area contributed by atoms with Crippen LogP contribution in [0.25, 0.3) is 10.9 Å². The summed E-state index contributed by atoms with van der Waals surface area (Å²) < 4.78 is 0. The zero-order valence-corrected chi connectivity index (χ0v) is 14.8. The Kier molecular flexibility index (Phi) is 3.08. The minimum Gasteiger partial charge on any atom is -0.361 e. The minimum atomic E-state index is -0.408. The Morgan fingerprint density at radius 1 is 1.24 bits per heavy atom. The Balaban J connectivity index is 1.60. The molecular formula is C21H19ClN2O. The molecule has 1 aliphatic heterocycles. The Morgan fingerprint density at radius 3 is 2.84 bits per heavy atom. The Labute approximate surface area is 151 Å². The van der Waals surface area contributed by atoms with E-state index in [1.165, 1.54) is 5.56 Å². The molecule has 5 rings (SSSR count). The highest BCUT2D eigenvalue weighted by Gasteiger charge is 2.55. The number of nitrogens with zero attached hydrogens (tertiary/aromatic N) is 1. The van der Waals surface area contributed by atoms with E-state index in [0.29, 0.717) is 5.02 Å². The molecule has 1 fully saturated rings. The average molecular weight is 351 g/mol. The zero-order valence-electron chi connectivity index (χ0n) is 14.1. The summed E-state index contributed by atoms with van der Waals surface area (Å²) in [5.74, 6) is 0.228. The summed E-state index contributed by atoms with van der Waals surface area (Å²) in [5, 5.41) is 1.77. The van der Waals surface area contributed by atoms with Gasteiger partial charge in [0.1, 0.15) is 0 Å². The standard InChI is InChI=1S/C21H19ClN2O/c1-13-10-14-4-2-3-5-19(14)24(13)20(25)21(8-9-21)17-12-23-18-7-6-15(22)11-16(17)18/h2-7,11-13,23H,8-10H2,1H3. The van der Waals surface area contributed by atoms with Crippen molar-refractivity contribution in [3.05, 3.63) is 64.8 Å². The number of halogens is 1. The SMILES string of the molecule is CC1Cc2ccccc2N1C(=O)C1(c2c[nH]c3ccc(Cl)cc23)CC1. The van der Waals surface area contributed by atoms with Gasteiger partial charge in [0.2, 0.25) is 5.91 Å². The van der Waals surface area contributed by atoms with E-state index >= 15 is 0 Å². The van der Waals surface area contributed by atoms with Crippen molar-refractivity contribution < 1.29 is 4.79 Å². The van der Waals surface area contributed by atoms with E-state index in [2.05, 4.69) is 24.0 Å². The molecule has 1 atom stereocenters. The van der Waals surface area contributed by atoms with Gasteiger partial charge in [-0.3, -0.25) is 4.79 Å². The number of aromatic nitrogens is 1. The summed E-state index contributed by atoms with van der Waals surface area (Å²) in [6, 6.07) is 14.3. The number of hydrogen-bond acceptors (Lipinski definition) is 1. The predicted octanol–water partition coefficient (Wildman–Crippen LogP) is 4.83. The summed E-state index contributed by atoms with van der Waals surface area (Å²) in [4.78, 5) is 18.9. The number of H-pyrrole nitrogens is 1. The zero-order chi connectivity index (χ0) is 17.2. The van der Waals surface area contributed by atoms with E-state index in [-0.39, 0.29) is 11.9 Å². The van der Waals surface area contributed by atoms with Crippen LogP contribution in [0.15, 0.2) is 48.7 Å². The first-order valence-corrected chi connectivity index (χ1v) is 9.17. The van der Waals surface area contributed by atoms with Gasteiger partial charge < -0.3 is 9.88 Å². The maximum atomic E-state index is 13.6. The topological polar surface area (TPSA) is 36.1 Å². The number of anilines is 1. The van der Waals surface area contributed by atoms with E-state index in [0.717, 1.165) is 41.4 Å². The van der Waals surface area contributed by atoms with Gasteiger partial charge in [0.15, 0.2) is 0 Å². The number of carbonyl (C=O) groups excluding carboxylic acids is 1. The van der Waals surface area contributed by atoms with Gasteiger partial charge in [-0.2, -0.15) is 0 Å². The van der Waals surface area contributed by atoms with E-state index in [1.54, 1.807) is 0 Å². The number of hydrogen-bond donors (Lipinski definition) is 1. The first kappa shape index (κ1) is 15.0. The highest BCUT2D eigenvalue weighted by atomic mass is 35.5. The number of amides is 1. The highest BCUT2D eigenvalue weighted by molar-refractivity contribution is 6.31. The summed E-state index contributed by atoms with van der Waals surface area (Å²) in [6.07, 6.45) is 4.73. The fraction of sp³-hybridized carbons (Fsp3) is 0.286. The van der Waals surface area contributed by atoms with Crippen molar-refractivity contribution in [1.29, 1.82) is 0 Å². The van der Waals surface area contributed by atoms with Gasteiger partial charge in [-0.1, -0.05) is 29.8 Å². The molecule has 0 bridgehead atoms. The van der Waals surface area contributed by atoms with Crippen LogP contribution in [0.1, 0.15) is 30.9 Å². The molecule has 0 radical (unpaired) electrons. The third-order valence-corrected chi connectivity index (χ3v) is 5.98. The van der Waals surface area contributed by atoms with Gasteiger partial charge in [0, 0.05) is 33.9 Å². The molecule has 2 heterocycles. The molecule has 1 amide bonds. The first-order chi connectivity index (χ1) is 12.1. The molecule has 4 heteroatoms. The van der Waals surface area contributed by atoms with Crippen molar-refractivity contribution in [2.24, 2.45) is 0 Å². The monoisotopic (exact) mass is 350 g/mol. The van der Waals surface area contributed by atoms with E-state index in [4.69, 9.17) is 11.6 Å². The molecule has 3 aromatic rings. The molecule has 25 heavy (non-hydrogen) atoms. The second-order valence-corrected chi connectivity index (χ2v) is 7.77. The quantitative estimate of drug-likeness (QED) is 0.706. The molecule has 2 aliphatic rings. The van der Waals surface area contributed by atoms with Crippen LogP contribution in [0.2, 0.25) is 5.02 Å². The number of aromatic amines is 1.